The van der Waals surface area contributed by atoms with E-state index in [1.165, 1.54) is 15.6 Å². The van der Waals surface area contributed by atoms with E-state index in [4.69, 9.17) is 4.74 Å². The molecule has 0 saturated carbocycles. The summed E-state index contributed by atoms with van der Waals surface area (Å²) in [6, 6.07) is 0. The van der Waals surface area contributed by atoms with Crippen LogP contribution in [0.25, 0.3) is 0 Å². The minimum absolute atomic E-state index is 0.762. The number of aryl methyl sites for hydroxylation is 1. The lowest BCUT2D eigenvalue weighted by Gasteiger charge is -2.02. The lowest BCUT2D eigenvalue weighted by molar-refractivity contribution is 0.199. The first kappa shape index (κ1) is 14.0. The molecule has 0 aromatic carbocycles. The summed E-state index contributed by atoms with van der Waals surface area (Å²) in [6.07, 6.45) is 3.13. The summed E-state index contributed by atoms with van der Waals surface area (Å²) in [5.74, 6) is 1.02. The molecule has 92 valence electrons. The highest BCUT2D eigenvalue weighted by atomic mass is 32.2. The highest BCUT2D eigenvalue weighted by Crippen LogP contribution is 2.22. The van der Waals surface area contributed by atoms with Crippen LogP contribution in [0.3, 0.4) is 0 Å². The van der Waals surface area contributed by atoms with Gasteiger partial charge in [-0.1, -0.05) is 6.92 Å². The van der Waals surface area contributed by atoms with Gasteiger partial charge in [-0.05, 0) is 12.7 Å². The lowest BCUT2D eigenvalue weighted by Crippen LogP contribution is -2.18. The number of thiazole rings is 1. The molecule has 0 radical (unpaired) electrons. The number of aromatic nitrogens is 1. The van der Waals surface area contributed by atoms with Crippen molar-refractivity contribution in [3.63, 3.8) is 0 Å². The van der Waals surface area contributed by atoms with E-state index in [-0.39, 0.29) is 0 Å². The van der Waals surface area contributed by atoms with E-state index >= 15 is 0 Å². The molecule has 0 saturated heterocycles. The van der Waals surface area contributed by atoms with Crippen molar-refractivity contribution in [1.29, 1.82) is 0 Å². The van der Waals surface area contributed by atoms with Crippen molar-refractivity contribution in [3.8, 4) is 0 Å². The van der Waals surface area contributed by atoms with Gasteiger partial charge >= 0.3 is 0 Å². The van der Waals surface area contributed by atoms with Gasteiger partial charge in [0.2, 0.25) is 0 Å². The second-order valence-electron chi connectivity index (χ2n) is 3.43. The Labute approximate surface area is 106 Å². The molecule has 1 rings (SSSR count). The molecule has 0 spiro atoms. The Hall–Kier alpha value is -0.100. The zero-order valence-corrected chi connectivity index (χ0v) is 11.8. The highest BCUT2D eigenvalue weighted by Gasteiger charge is 2.08. The van der Waals surface area contributed by atoms with Crippen LogP contribution in [-0.2, 0) is 23.5 Å². The summed E-state index contributed by atoms with van der Waals surface area (Å²) in [7, 11) is 1.72. The van der Waals surface area contributed by atoms with Crippen LogP contribution in [0.4, 0.5) is 0 Å². The largest absolute Gasteiger partial charge is 0.383 e. The van der Waals surface area contributed by atoms with Crippen molar-refractivity contribution in [2.75, 3.05) is 26.5 Å². The summed E-state index contributed by atoms with van der Waals surface area (Å²) in [6.45, 7) is 4.74. The Morgan fingerprint density at radius 1 is 1.50 bits per heavy atom. The monoisotopic (exact) mass is 260 g/mol. The van der Waals surface area contributed by atoms with Crippen molar-refractivity contribution in [1.82, 2.24) is 10.3 Å². The van der Waals surface area contributed by atoms with Gasteiger partial charge < -0.3 is 10.1 Å². The zero-order chi connectivity index (χ0) is 11.8. The van der Waals surface area contributed by atoms with E-state index in [2.05, 4.69) is 23.5 Å². The van der Waals surface area contributed by atoms with Crippen LogP contribution in [0, 0.1) is 0 Å². The Kier molecular flexibility index (Phi) is 7.03. The van der Waals surface area contributed by atoms with E-state index in [1.807, 2.05) is 23.1 Å². The van der Waals surface area contributed by atoms with Gasteiger partial charge in [-0.3, -0.25) is 0 Å². The first-order valence-corrected chi connectivity index (χ1v) is 7.68. The molecule has 0 amide bonds. The number of hydrogen-bond donors (Lipinski definition) is 1. The van der Waals surface area contributed by atoms with Gasteiger partial charge in [0.15, 0.2) is 0 Å². The molecule has 1 heterocycles. The molecule has 1 aromatic rings. The summed E-state index contributed by atoms with van der Waals surface area (Å²) in [4.78, 5) is 6.02. The number of rotatable bonds is 8. The molecule has 0 unspecified atom stereocenters. The third-order valence-corrected chi connectivity index (χ3v) is 4.04. The fourth-order valence-corrected chi connectivity index (χ4v) is 3.24. The average Bonchev–Trinajstić information content (AvgIpc) is 2.67. The first-order chi connectivity index (χ1) is 7.81. The van der Waals surface area contributed by atoms with Crippen LogP contribution in [0.2, 0.25) is 0 Å². The molecule has 0 bridgehead atoms. The Morgan fingerprint density at radius 2 is 2.31 bits per heavy atom. The SMILES string of the molecule is CCc1nc(CSC)sc1CNCCOC. The molecule has 0 fully saturated rings. The van der Waals surface area contributed by atoms with Gasteiger partial charge in [0.25, 0.3) is 0 Å². The van der Waals surface area contributed by atoms with E-state index < -0.39 is 0 Å². The van der Waals surface area contributed by atoms with Gasteiger partial charge in [-0.2, -0.15) is 11.8 Å². The van der Waals surface area contributed by atoms with Gasteiger partial charge in [-0.15, -0.1) is 11.3 Å². The van der Waals surface area contributed by atoms with Crippen molar-refractivity contribution in [3.05, 3.63) is 15.6 Å². The first-order valence-electron chi connectivity index (χ1n) is 5.47. The minimum atomic E-state index is 0.762. The topological polar surface area (TPSA) is 34.2 Å². The van der Waals surface area contributed by atoms with E-state index in [0.29, 0.717) is 0 Å². The maximum atomic E-state index is 5.00. The molecular weight excluding hydrogens is 240 g/mol. The van der Waals surface area contributed by atoms with E-state index in [9.17, 15) is 0 Å². The predicted molar refractivity (Wildman–Crippen MR) is 72.3 cm³/mol. The summed E-state index contributed by atoms with van der Waals surface area (Å²) in [5.41, 5.74) is 1.25. The molecule has 0 aliphatic heterocycles. The van der Waals surface area contributed by atoms with Crippen LogP contribution >= 0.6 is 23.1 Å². The van der Waals surface area contributed by atoms with Gasteiger partial charge in [-0.25, -0.2) is 4.98 Å². The van der Waals surface area contributed by atoms with Crippen LogP contribution in [0.1, 0.15) is 22.5 Å². The van der Waals surface area contributed by atoms with Gasteiger partial charge in [0, 0.05) is 30.8 Å². The molecule has 3 nitrogen and oxygen atoms in total. The van der Waals surface area contributed by atoms with Crippen LogP contribution in [-0.4, -0.2) is 31.5 Å². The standard InChI is InChI=1S/C11H20N2OS2/c1-4-9-10(7-12-5-6-14-2)16-11(13-9)8-15-3/h12H,4-8H2,1-3H3. The molecule has 0 atom stereocenters. The third kappa shape index (κ3) is 4.41. The second-order valence-corrected chi connectivity index (χ2v) is 5.47. The number of nitrogens with zero attached hydrogens (tertiary/aromatic N) is 1. The fraction of sp³-hybridized carbons (Fsp3) is 0.727. The highest BCUT2D eigenvalue weighted by molar-refractivity contribution is 7.97. The second kappa shape index (κ2) is 8.06. The maximum Gasteiger partial charge on any atom is 0.103 e. The summed E-state index contributed by atoms with van der Waals surface area (Å²) < 4.78 is 5.00. The van der Waals surface area contributed by atoms with Crippen molar-refractivity contribution < 1.29 is 4.74 Å². The van der Waals surface area contributed by atoms with Crippen molar-refractivity contribution in [2.45, 2.75) is 25.6 Å². The Bertz CT molecular complexity index is 302. The van der Waals surface area contributed by atoms with E-state index in [1.54, 1.807) is 7.11 Å². The van der Waals surface area contributed by atoms with E-state index in [0.717, 1.165) is 31.9 Å². The third-order valence-electron chi connectivity index (χ3n) is 2.19. The number of methoxy groups -OCH3 is 1. The maximum absolute atomic E-state index is 5.00. The molecule has 5 heteroatoms. The Balaban J connectivity index is 2.49. The zero-order valence-electron chi connectivity index (χ0n) is 10.2. The number of hydrogen-bond acceptors (Lipinski definition) is 5. The van der Waals surface area contributed by atoms with Crippen molar-refractivity contribution >= 4 is 23.1 Å². The number of nitrogens with one attached hydrogen (secondary N) is 1. The smallest absolute Gasteiger partial charge is 0.103 e. The van der Waals surface area contributed by atoms with Gasteiger partial charge in [0.1, 0.15) is 5.01 Å². The fourth-order valence-electron chi connectivity index (χ4n) is 1.41. The molecule has 0 aliphatic rings. The summed E-state index contributed by atoms with van der Waals surface area (Å²) in [5, 5.41) is 4.61. The molecular formula is C11H20N2OS2. The average molecular weight is 260 g/mol. The quantitative estimate of drug-likeness (QED) is 0.727. The van der Waals surface area contributed by atoms with Crippen LogP contribution in [0.15, 0.2) is 0 Å². The minimum Gasteiger partial charge on any atom is -0.383 e. The normalized spacial score (nSPS) is 10.9. The van der Waals surface area contributed by atoms with Crippen LogP contribution in [0.5, 0.6) is 0 Å². The predicted octanol–water partition coefficient (Wildman–Crippen LogP) is 2.30. The molecule has 1 N–H and O–H groups in total. The molecule has 0 aliphatic carbocycles. The van der Waals surface area contributed by atoms with Crippen molar-refractivity contribution in [2.24, 2.45) is 0 Å². The number of thioether (sulfide) groups is 1. The molecule has 16 heavy (non-hydrogen) atoms. The number of ether oxygens (including phenoxy) is 1. The molecule has 1 aromatic heterocycles. The van der Waals surface area contributed by atoms with Crippen LogP contribution < -0.4 is 5.32 Å². The lowest BCUT2D eigenvalue weighted by atomic mass is 10.3. The Morgan fingerprint density at radius 3 is 2.94 bits per heavy atom. The van der Waals surface area contributed by atoms with Gasteiger partial charge in [0.05, 0.1) is 12.3 Å². The summed E-state index contributed by atoms with van der Waals surface area (Å²) >= 11 is 3.66.